The normalized spacial score (nSPS) is 11.3. The highest BCUT2D eigenvalue weighted by Gasteiger charge is 2.20. The Labute approximate surface area is 80.5 Å². The minimum Gasteiger partial charge on any atom is -0.257 e. The number of aromatic nitrogens is 1. The zero-order valence-corrected chi connectivity index (χ0v) is 8.67. The second-order valence-electron chi connectivity index (χ2n) is 3.88. The van der Waals surface area contributed by atoms with Crippen LogP contribution >= 0.6 is 0 Å². The highest BCUT2D eigenvalue weighted by molar-refractivity contribution is 5.49. The molecule has 70 valence electrons. The lowest BCUT2D eigenvalue weighted by atomic mass is 9.81. The molecule has 0 spiro atoms. The van der Waals surface area contributed by atoms with Crippen molar-refractivity contribution < 1.29 is 0 Å². The second kappa shape index (κ2) is 3.73. The molecular formula is C12H17N. The first kappa shape index (κ1) is 9.97. The number of pyridine rings is 1. The van der Waals surface area contributed by atoms with Crippen molar-refractivity contribution in [2.24, 2.45) is 0 Å². The highest BCUT2D eigenvalue weighted by atomic mass is 14.7. The van der Waals surface area contributed by atoms with Crippen LogP contribution in [0.1, 0.15) is 38.4 Å². The predicted octanol–water partition coefficient (Wildman–Crippen LogP) is 3.41. The molecule has 0 unspecified atom stereocenters. The summed E-state index contributed by atoms with van der Waals surface area (Å²) in [5.74, 6) is 0. The van der Waals surface area contributed by atoms with Gasteiger partial charge in [-0.15, -0.1) is 0 Å². The summed E-state index contributed by atoms with van der Waals surface area (Å²) < 4.78 is 0. The third kappa shape index (κ3) is 1.97. The fourth-order valence-electron chi connectivity index (χ4n) is 1.34. The molecule has 0 aliphatic rings. The highest BCUT2D eigenvalue weighted by Crippen LogP contribution is 2.28. The molecule has 1 heterocycles. The van der Waals surface area contributed by atoms with E-state index in [2.05, 4.69) is 38.4 Å². The summed E-state index contributed by atoms with van der Waals surface area (Å²) in [7, 11) is 0. The molecule has 0 aliphatic carbocycles. The van der Waals surface area contributed by atoms with Gasteiger partial charge in [0.15, 0.2) is 0 Å². The van der Waals surface area contributed by atoms with Gasteiger partial charge < -0.3 is 0 Å². The Bertz CT molecular complexity index is 300. The van der Waals surface area contributed by atoms with E-state index in [1.54, 1.807) is 0 Å². The van der Waals surface area contributed by atoms with Gasteiger partial charge in [-0.2, -0.15) is 0 Å². The Hall–Kier alpha value is -1.11. The average molecular weight is 175 g/mol. The van der Waals surface area contributed by atoms with Gasteiger partial charge in [-0.1, -0.05) is 33.4 Å². The monoisotopic (exact) mass is 175 g/mol. The van der Waals surface area contributed by atoms with Crippen LogP contribution in [-0.4, -0.2) is 4.98 Å². The zero-order valence-electron chi connectivity index (χ0n) is 8.67. The van der Waals surface area contributed by atoms with Gasteiger partial charge >= 0.3 is 0 Å². The molecule has 0 atom stereocenters. The van der Waals surface area contributed by atoms with Gasteiger partial charge in [0, 0.05) is 6.20 Å². The molecule has 0 bridgehead atoms. The molecule has 0 fully saturated rings. The van der Waals surface area contributed by atoms with E-state index in [1.165, 1.54) is 5.56 Å². The quantitative estimate of drug-likeness (QED) is 0.686. The van der Waals surface area contributed by atoms with E-state index in [0.717, 1.165) is 12.1 Å². The Morgan fingerprint density at radius 2 is 2.23 bits per heavy atom. The smallest absolute Gasteiger partial charge is 0.0661 e. The molecule has 1 nitrogen and oxygen atoms in total. The standard InChI is InChI=1S/C12H17N/c1-5-11-10(8-7-9-13-11)12(3,4)6-2/h5,7-9H,1,6H2,2-4H3. The third-order valence-corrected chi connectivity index (χ3v) is 2.64. The summed E-state index contributed by atoms with van der Waals surface area (Å²) in [6.45, 7) is 10.4. The fraction of sp³-hybridized carbons (Fsp3) is 0.417. The van der Waals surface area contributed by atoms with E-state index in [0.29, 0.717) is 0 Å². The van der Waals surface area contributed by atoms with E-state index >= 15 is 0 Å². The van der Waals surface area contributed by atoms with Gasteiger partial charge in [0.05, 0.1) is 5.69 Å². The van der Waals surface area contributed by atoms with E-state index in [-0.39, 0.29) is 5.41 Å². The van der Waals surface area contributed by atoms with Crippen LogP contribution in [0, 0.1) is 0 Å². The molecule has 0 N–H and O–H groups in total. The van der Waals surface area contributed by atoms with Gasteiger partial charge in [0.2, 0.25) is 0 Å². The minimum absolute atomic E-state index is 0.192. The van der Waals surface area contributed by atoms with Crippen LogP contribution in [0.3, 0.4) is 0 Å². The summed E-state index contributed by atoms with van der Waals surface area (Å²) in [6.07, 6.45) is 4.75. The van der Waals surface area contributed by atoms with E-state index < -0.39 is 0 Å². The minimum atomic E-state index is 0.192. The maximum Gasteiger partial charge on any atom is 0.0661 e. The number of hydrogen-bond acceptors (Lipinski definition) is 1. The van der Waals surface area contributed by atoms with Crippen molar-refractivity contribution in [1.82, 2.24) is 4.98 Å². The van der Waals surface area contributed by atoms with E-state index in [9.17, 15) is 0 Å². The Morgan fingerprint density at radius 3 is 2.77 bits per heavy atom. The summed E-state index contributed by atoms with van der Waals surface area (Å²) in [4.78, 5) is 4.29. The first-order valence-electron chi connectivity index (χ1n) is 4.69. The Balaban J connectivity index is 3.20. The van der Waals surface area contributed by atoms with Crippen molar-refractivity contribution in [2.75, 3.05) is 0 Å². The molecule has 0 aromatic carbocycles. The SMILES string of the molecule is C=Cc1ncccc1C(C)(C)CC. The number of nitrogens with zero attached hydrogens (tertiary/aromatic N) is 1. The molecule has 0 amide bonds. The van der Waals surface area contributed by atoms with Gasteiger partial charge in [0.1, 0.15) is 0 Å². The van der Waals surface area contributed by atoms with Gasteiger partial charge in [-0.3, -0.25) is 4.98 Å². The second-order valence-corrected chi connectivity index (χ2v) is 3.88. The topological polar surface area (TPSA) is 12.9 Å². The molecule has 0 aliphatic heterocycles. The van der Waals surface area contributed by atoms with Crippen LogP contribution in [0.5, 0.6) is 0 Å². The van der Waals surface area contributed by atoms with Crippen LogP contribution in [0.15, 0.2) is 24.9 Å². The van der Waals surface area contributed by atoms with Crippen molar-refractivity contribution >= 4 is 6.08 Å². The maximum atomic E-state index is 4.29. The van der Waals surface area contributed by atoms with Crippen molar-refractivity contribution in [3.8, 4) is 0 Å². The van der Waals surface area contributed by atoms with Crippen LogP contribution in [0.4, 0.5) is 0 Å². The van der Waals surface area contributed by atoms with Gasteiger partial charge in [-0.25, -0.2) is 0 Å². The summed E-state index contributed by atoms with van der Waals surface area (Å²) in [5.41, 5.74) is 2.49. The third-order valence-electron chi connectivity index (χ3n) is 2.64. The Kier molecular flexibility index (Phi) is 2.86. The lowest BCUT2D eigenvalue weighted by molar-refractivity contribution is 0.503. The molecule has 0 saturated heterocycles. The molecule has 0 radical (unpaired) electrons. The first-order chi connectivity index (χ1) is 6.11. The largest absolute Gasteiger partial charge is 0.257 e. The van der Waals surface area contributed by atoms with Crippen LogP contribution in [0.2, 0.25) is 0 Å². The summed E-state index contributed by atoms with van der Waals surface area (Å²) in [6, 6.07) is 4.12. The average Bonchev–Trinajstić information content (AvgIpc) is 2.18. The van der Waals surface area contributed by atoms with Crippen molar-refractivity contribution in [1.29, 1.82) is 0 Å². The maximum absolute atomic E-state index is 4.29. The van der Waals surface area contributed by atoms with Crippen LogP contribution in [0.25, 0.3) is 6.08 Å². The molecule has 1 aromatic rings. The first-order valence-corrected chi connectivity index (χ1v) is 4.69. The van der Waals surface area contributed by atoms with Gasteiger partial charge in [-0.05, 0) is 29.5 Å². The molecular weight excluding hydrogens is 158 g/mol. The van der Waals surface area contributed by atoms with Crippen molar-refractivity contribution in [2.45, 2.75) is 32.6 Å². The number of hydrogen-bond donors (Lipinski definition) is 0. The van der Waals surface area contributed by atoms with E-state index in [4.69, 9.17) is 0 Å². The zero-order chi connectivity index (χ0) is 9.90. The number of rotatable bonds is 3. The molecule has 1 heteroatoms. The Morgan fingerprint density at radius 1 is 1.54 bits per heavy atom. The molecule has 13 heavy (non-hydrogen) atoms. The lowest BCUT2D eigenvalue weighted by Crippen LogP contribution is -2.17. The molecule has 1 aromatic heterocycles. The summed E-state index contributed by atoms with van der Waals surface area (Å²) in [5, 5.41) is 0. The molecule has 1 rings (SSSR count). The lowest BCUT2D eigenvalue weighted by Gasteiger charge is -2.24. The van der Waals surface area contributed by atoms with Gasteiger partial charge in [0.25, 0.3) is 0 Å². The van der Waals surface area contributed by atoms with Crippen LogP contribution in [-0.2, 0) is 5.41 Å². The summed E-state index contributed by atoms with van der Waals surface area (Å²) >= 11 is 0. The molecule has 0 saturated carbocycles. The predicted molar refractivity (Wildman–Crippen MR) is 57.6 cm³/mol. The van der Waals surface area contributed by atoms with Crippen molar-refractivity contribution in [3.63, 3.8) is 0 Å². The van der Waals surface area contributed by atoms with Crippen LogP contribution < -0.4 is 0 Å². The van der Waals surface area contributed by atoms with Crippen molar-refractivity contribution in [3.05, 3.63) is 36.2 Å². The van der Waals surface area contributed by atoms with E-state index in [1.807, 2.05) is 18.3 Å². The fourth-order valence-corrected chi connectivity index (χ4v) is 1.34.